The van der Waals surface area contributed by atoms with Crippen LogP contribution in [-0.4, -0.2) is 59.6 Å². The summed E-state index contributed by atoms with van der Waals surface area (Å²) >= 11 is 6.04. The lowest BCUT2D eigenvalue weighted by Crippen LogP contribution is -2.33. The summed E-state index contributed by atoms with van der Waals surface area (Å²) in [5.41, 5.74) is 5.81. The number of hydrogen-bond donors (Lipinski definition) is 1. The molecule has 1 aromatic rings. The molecule has 0 aliphatic rings. The van der Waals surface area contributed by atoms with Crippen molar-refractivity contribution in [2.45, 2.75) is 49.3 Å². The number of unbranched alkanes of at least 4 members (excludes halogenated alkanes) is 2. The average Bonchev–Trinajstić information content (AvgIpc) is 2.59. The monoisotopic (exact) mass is 452 g/mol. The van der Waals surface area contributed by atoms with Gasteiger partial charge in [-0.25, -0.2) is 8.42 Å². The minimum absolute atomic E-state index is 0.0986. The summed E-state index contributed by atoms with van der Waals surface area (Å²) in [4.78, 5) is 0.770. The van der Waals surface area contributed by atoms with Gasteiger partial charge in [-0.05, 0) is 25.0 Å². The first-order valence-electron chi connectivity index (χ1n) is 9.03. The molecule has 0 aliphatic heterocycles. The van der Waals surface area contributed by atoms with Gasteiger partial charge in [-0.1, -0.05) is 38.3 Å². The van der Waals surface area contributed by atoms with Crippen LogP contribution in [0.15, 0.2) is 26.3 Å². The van der Waals surface area contributed by atoms with Gasteiger partial charge >= 0.3 is 0 Å². The molecule has 0 unspecified atom stereocenters. The number of rotatable bonds is 11. The third-order valence-corrected chi connectivity index (χ3v) is 7.54. The Bertz CT molecular complexity index is 892. The lowest BCUT2D eigenvalue weighted by molar-refractivity contribution is 0.395. The molecular weight excluding hydrogens is 424 g/mol. The first kappa shape index (κ1) is 24.7. The number of nitrogens with zero attached hydrogens (tertiary/aromatic N) is 3. The first-order valence-corrected chi connectivity index (χ1v) is 12.3. The molecule has 160 valence electrons. The minimum atomic E-state index is -4.19. The van der Waals surface area contributed by atoms with Gasteiger partial charge in [-0.2, -0.15) is 12.7 Å². The zero-order valence-corrected chi connectivity index (χ0v) is 19.1. The Hall–Kier alpha value is -1.36. The maximum atomic E-state index is 13.2. The molecule has 2 N–H and O–H groups in total. The Labute approximate surface area is 173 Å². The van der Waals surface area contributed by atoms with Crippen LogP contribution in [0.25, 0.3) is 0 Å². The van der Waals surface area contributed by atoms with E-state index in [0.29, 0.717) is 25.9 Å². The lowest BCUT2D eigenvalue weighted by Gasteiger charge is -2.23. The van der Waals surface area contributed by atoms with Crippen LogP contribution in [-0.2, 0) is 20.0 Å². The van der Waals surface area contributed by atoms with Gasteiger partial charge in [0.1, 0.15) is 16.1 Å². The van der Waals surface area contributed by atoms with Crippen LogP contribution < -0.4 is 5.73 Å². The molecule has 0 saturated heterocycles. The van der Waals surface area contributed by atoms with E-state index < -0.39 is 24.9 Å². The van der Waals surface area contributed by atoms with E-state index >= 15 is 0 Å². The molecule has 0 saturated carbocycles. The van der Waals surface area contributed by atoms with Crippen molar-refractivity contribution in [3.63, 3.8) is 0 Å². The second-order valence-electron chi connectivity index (χ2n) is 6.59. The molecule has 0 spiro atoms. The van der Waals surface area contributed by atoms with Crippen molar-refractivity contribution in [3.8, 4) is 0 Å². The van der Waals surface area contributed by atoms with Gasteiger partial charge in [0.2, 0.25) is 10.0 Å². The van der Waals surface area contributed by atoms with Crippen LogP contribution in [0, 0.1) is 0 Å². The van der Waals surface area contributed by atoms with Crippen molar-refractivity contribution in [3.05, 3.63) is 17.2 Å². The van der Waals surface area contributed by atoms with Gasteiger partial charge in [-0.15, -0.1) is 4.40 Å². The molecule has 28 heavy (non-hydrogen) atoms. The Morgan fingerprint density at radius 2 is 1.57 bits per heavy atom. The molecule has 0 aliphatic carbocycles. The van der Waals surface area contributed by atoms with Gasteiger partial charge in [0.15, 0.2) is 0 Å². The number of nitrogen functional groups attached to an aromatic ring is 1. The highest BCUT2D eigenvalue weighted by atomic mass is 35.5. The molecule has 0 fully saturated rings. The van der Waals surface area contributed by atoms with Gasteiger partial charge < -0.3 is 10.6 Å². The van der Waals surface area contributed by atoms with Crippen molar-refractivity contribution in [2.75, 3.05) is 32.9 Å². The van der Waals surface area contributed by atoms with Crippen LogP contribution in [0.2, 0.25) is 5.02 Å². The van der Waals surface area contributed by atoms with Gasteiger partial charge in [0.25, 0.3) is 10.0 Å². The molecule has 0 aromatic heterocycles. The van der Waals surface area contributed by atoms with Gasteiger partial charge in [0, 0.05) is 27.2 Å². The highest BCUT2D eigenvalue weighted by Gasteiger charge is 2.29. The Morgan fingerprint density at radius 1 is 1.04 bits per heavy atom. The van der Waals surface area contributed by atoms with Crippen molar-refractivity contribution >= 4 is 43.7 Å². The highest BCUT2D eigenvalue weighted by molar-refractivity contribution is 7.90. The standard InChI is InChI=1S/C17H29ClN4O4S2/c1-5-7-9-22(10-8-6-2)28(25,26)17-12-16(14(18)11-15(17)19)27(23,24)20-13-21(3)4/h11-13H,5-10,19H2,1-4H3/b20-13+. The number of sulfonamides is 2. The zero-order chi connectivity index (χ0) is 21.5. The molecule has 0 radical (unpaired) electrons. The minimum Gasteiger partial charge on any atom is -0.398 e. The fourth-order valence-corrected chi connectivity index (χ4v) is 5.52. The first-order chi connectivity index (χ1) is 13.0. The number of halogens is 1. The smallest absolute Gasteiger partial charge is 0.285 e. The van der Waals surface area contributed by atoms with E-state index in [1.165, 1.54) is 9.21 Å². The van der Waals surface area contributed by atoms with Crippen molar-refractivity contribution < 1.29 is 16.8 Å². The summed E-state index contributed by atoms with van der Waals surface area (Å²) in [6.45, 7) is 4.60. The van der Waals surface area contributed by atoms with Gasteiger partial charge in [0.05, 0.1) is 10.7 Å². The maximum Gasteiger partial charge on any atom is 0.285 e. The molecular formula is C17H29ClN4O4S2. The van der Waals surface area contributed by atoms with Crippen molar-refractivity contribution in [1.82, 2.24) is 9.21 Å². The fraction of sp³-hybridized carbons (Fsp3) is 0.588. The molecule has 0 amide bonds. The number of anilines is 1. The quantitative estimate of drug-likeness (QED) is 0.313. The maximum absolute atomic E-state index is 13.2. The number of nitrogens with two attached hydrogens (primary N) is 1. The second-order valence-corrected chi connectivity index (χ2v) is 10.5. The van der Waals surface area contributed by atoms with Crippen molar-refractivity contribution in [1.29, 1.82) is 0 Å². The molecule has 0 atom stereocenters. The van der Waals surface area contributed by atoms with E-state index in [0.717, 1.165) is 31.3 Å². The van der Waals surface area contributed by atoms with Crippen LogP contribution in [0.4, 0.5) is 5.69 Å². The van der Waals surface area contributed by atoms with Crippen molar-refractivity contribution in [2.24, 2.45) is 4.40 Å². The Kier molecular flexibility index (Phi) is 9.19. The van der Waals surface area contributed by atoms with E-state index in [1.807, 2.05) is 13.8 Å². The Morgan fingerprint density at radius 3 is 2.04 bits per heavy atom. The van der Waals surface area contributed by atoms with Crippen LogP contribution >= 0.6 is 11.6 Å². The summed E-state index contributed by atoms with van der Waals surface area (Å²) in [5.74, 6) is 0. The largest absolute Gasteiger partial charge is 0.398 e. The zero-order valence-electron chi connectivity index (χ0n) is 16.7. The van der Waals surface area contributed by atoms with E-state index in [4.69, 9.17) is 17.3 Å². The second kappa shape index (κ2) is 10.4. The highest BCUT2D eigenvalue weighted by Crippen LogP contribution is 2.32. The average molecular weight is 453 g/mol. The third-order valence-electron chi connectivity index (χ3n) is 3.90. The normalized spacial score (nSPS) is 12.8. The Balaban J connectivity index is 3.50. The van der Waals surface area contributed by atoms with Gasteiger partial charge in [-0.3, -0.25) is 0 Å². The van der Waals surface area contributed by atoms with E-state index in [9.17, 15) is 16.8 Å². The predicted octanol–water partition coefficient (Wildman–Crippen LogP) is 2.79. The lowest BCUT2D eigenvalue weighted by atomic mass is 10.3. The van der Waals surface area contributed by atoms with Crippen LogP contribution in [0.3, 0.4) is 0 Å². The summed E-state index contributed by atoms with van der Waals surface area (Å²) in [6, 6.07) is 2.14. The number of benzene rings is 1. The fourth-order valence-electron chi connectivity index (χ4n) is 2.34. The molecule has 8 nitrogen and oxygen atoms in total. The van der Waals surface area contributed by atoms with E-state index in [2.05, 4.69) is 4.40 Å². The topological polar surface area (TPSA) is 113 Å². The summed E-state index contributed by atoms with van der Waals surface area (Å²) in [5, 5.41) is -0.180. The molecule has 0 bridgehead atoms. The third kappa shape index (κ3) is 6.33. The summed E-state index contributed by atoms with van der Waals surface area (Å²) < 4.78 is 56.2. The van der Waals surface area contributed by atoms with Crippen LogP contribution in [0.1, 0.15) is 39.5 Å². The number of hydrogen-bond acceptors (Lipinski definition) is 5. The van der Waals surface area contributed by atoms with E-state index in [1.54, 1.807) is 14.1 Å². The SMILES string of the molecule is CCCCN(CCCC)S(=O)(=O)c1cc(S(=O)(=O)/N=C/N(C)C)c(Cl)cc1N. The molecule has 1 aromatic carbocycles. The molecule has 0 heterocycles. The summed E-state index contributed by atoms with van der Waals surface area (Å²) in [7, 11) is -4.95. The molecule has 1 rings (SSSR count). The van der Waals surface area contributed by atoms with Crippen LogP contribution in [0.5, 0.6) is 0 Å². The van der Waals surface area contributed by atoms with E-state index in [-0.39, 0.29) is 15.6 Å². The summed E-state index contributed by atoms with van der Waals surface area (Å²) in [6.07, 6.45) is 4.13. The predicted molar refractivity (Wildman–Crippen MR) is 114 cm³/mol. The molecule has 11 heteroatoms.